The lowest BCUT2D eigenvalue weighted by atomic mass is 9.81. The van der Waals surface area contributed by atoms with Crippen LogP contribution in [0.4, 0.5) is 0 Å². The Balaban J connectivity index is 2.84. The van der Waals surface area contributed by atoms with Crippen LogP contribution in [-0.2, 0) is 0 Å². The molecule has 108 valence electrons. The predicted octanol–water partition coefficient (Wildman–Crippen LogP) is 5.86. The molecule has 0 bridgehead atoms. The zero-order valence-electron chi connectivity index (χ0n) is 12.8. The Hall–Kier alpha value is -0.240. The van der Waals surface area contributed by atoms with Crippen LogP contribution in [0.15, 0.2) is 18.2 Å². The van der Waals surface area contributed by atoms with Crippen molar-refractivity contribution < 1.29 is 0 Å². The largest absolute Gasteiger partial charge is 0.305 e. The molecule has 1 unspecified atom stereocenters. The van der Waals surface area contributed by atoms with Crippen molar-refractivity contribution in [2.75, 3.05) is 0 Å². The lowest BCUT2D eigenvalue weighted by Gasteiger charge is -2.36. The monoisotopic (exact) mass is 301 g/mol. The number of hydrogen-bond donors (Lipinski definition) is 1. The molecule has 0 amide bonds. The average Bonchev–Trinajstić information content (AvgIpc) is 2.17. The van der Waals surface area contributed by atoms with Crippen LogP contribution in [0.1, 0.15) is 59.6 Å². The van der Waals surface area contributed by atoms with Gasteiger partial charge in [0.2, 0.25) is 0 Å². The Morgan fingerprint density at radius 1 is 1.11 bits per heavy atom. The number of nitrogens with one attached hydrogen (secondary N) is 1. The lowest BCUT2D eigenvalue weighted by Crippen LogP contribution is -2.43. The minimum Gasteiger partial charge on any atom is -0.305 e. The summed E-state index contributed by atoms with van der Waals surface area (Å²) in [6.45, 7) is 13.4. The summed E-state index contributed by atoms with van der Waals surface area (Å²) < 4.78 is 0. The Labute approximate surface area is 127 Å². The summed E-state index contributed by atoms with van der Waals surface area (Å²) in [6, 6.07) is 5.96. The highest BCUT2D eigenvalue weighted by molar-refractivity contribution is 6.42. The van der Waals surface area contributed by atoms with Gasteiger partial charge in [-0.2, -0.15) is 0 Å². The van der Waals surface area contributed by atoms with Crippen molar-refractivity contribution in [3.05, 3.63) is 33.8 Å². The quantitative estimate of drug-likeness (QED) is 0.734. The molecule has 1 N–H and O–H groups in total. The van der Waals surface area contributed by atoms with Crippen molar-refractivity contribution in [2.45, 2.75) is 59.5 Å². The van der Waals surface area contributed by atoms with Crippen LogP contribution >= 0.6 is 23.2 Å². The van der Waals surface area contributed by atoms with Gasteiger partial charge in [-0.1, -0.05) is 56.1 Å². The number of halogens is 2. The molecule has 0 heterocycles. The van der Waals surface area contributed by atoms with Gasteiger partial charge in [-0.25, -0.2) is 0 Å². The molecule has 0 radical (unpaired) electrons. The number of rotatable bonds is 4. The molecular formula is C16H25Cl2N. The third-order valence-electron chi connectivity index (χ3n) is 3.03. The van der Waals surface area contributed by atoms with Gasteiger partial charge in [-0.3, -0.25) is 0 Å². The molecule has 0 spiro atoms. The fourth-order valence-electron chi connectivity index (χ4n) is 2.90. The van der Waals surface area contributed by atoms with Crippen molar-refractivity contribution >= 4 is 23.2 Å². The van der Waals surface area contributed by atoms with E-state index in [0.717, 1.165) is 12.0 Å². The summed E-state index contributed by atoms with van der Waals surface area (Å²) in [5.74, 6) is 0. The zero-order chi connectivity index (χ0) is 14.8. The van der Waals surface area contributed by atoms with Crippen molar-refractivity contribution in [3.8, 4) is 0 Å². The Morgan fingerprint density at radius 3 is 2.21 bits per heavy atom. The molecule has 0 aliphatic rings. The number of benzene rings is 1. The second-order valence-corrected chi connectivity index (χ2v) is 7.92. The molecule has 0 saturated heterocycles. The van der Waals surface area contributed by atoms with Gasteiger partial charge in [0.25, 0.3) is 0 Å². The highest BCUT2D eigenvalue weighted by atomic mass is 35.5. The van der Waals surface area contributed by atoms with E-state index in [-0.39, 0.29) is 17.0 Å². The fraction of sp³-hybridized carbons (Fsp3) is 0.625. The Morgan fingerprint density at radius 2 is 1.68 bits per heavy atom. The maximum atomic E-state index is 6.28. The van der Waals surface area contributed by atoms with E-state index in [0.29, 0.717) is 10.0 Å². The molecule has 0 aromatic heterocycles. The topological polar surface area (TPSA) is 12.0 Å². The molecule has 1 atom stereocenters. The Bertz CT molecular complexity index is 433. The van der Waals surface area contributed by atoms with Gasteiger partial charge >= 0.3 is 0 Å². The normalized spacial score (nSPS) is 14.5. The minimum absolute atomic E-state index is 0.0450. The van der Waals surface area contributed by atoms with Crippen molar-refractivity contribution in [2.24, 2.45) is 5.41 Å². The first kappa shape index (κ1) is 16.8. The van der Waals surface area contributed by atoms with Gasteiger partial charge in [0.05, 0.1) is 10.0 Å². The number of hydrogen-bond acceptors (Lipinski definition) is 1. The van der Waals surface area contributed by atoms with E-state index < -0.39 is 0 Å². The van der Waals surface area contributed by atoms with Crippen LogP contribution in [0.5, 0.6) is 0 Å². The van der Waals surface area contributed by atoms with E-state index in [1.165, 1.54) is 0 Å². The van der Waals surface area contributed by atoms with Gasteiger partial charge in [-0.15, -0.1) is 0 Å². The summed E-state index contributed by atoms with van der Waals surface area (Å²) >= 11 is 12.4. The molecule has 1 aromatic carbocycles. The molecule has 0 aliphatic heterocycles. The highest BCUT2D eigenvalue weighted by Gasteiger charge is 2.27. The average molecular weight is 302 g/mol. The summed E-state index contributed by atoms with van der Waals surface area (Å²) in [5, 5.41) is 4.92. The first-order valence-corrected chi connectivity index (χ1v) is 7.49. The molecule has 1 nitrogen and oxygen atoms in total. The summed E-state index contributed by atoms with van der Waals surface area (Å²) in [7, 11) is 0. The van der Waals surface area contributed by atoms with Gasteiger partial charge in [0.1, 0.15) is 0 Å². The smallest absolute Gasteiger partial charge is 0.0639 e. The summed E-state index contributed by atoms with van der Waals surface area (Å²) in [5.41, 5.74) is 1.38. The Kier molecular flexibility index (Phi) is 5.34. The molecular weight excluding hydrogens is 277 g/mol. The van der Waals surface area contributed by atoms with Crippen molar-refractivity contribution in [1.82, 2.24) is 5.32 Å². The molecule has 19 heavy (non-hydrogen) atoms. The molecule has 3 heteroatoms. The fourth-order valence-corrected chi connectivity index (χ4v) is 3.37. The van der Waals surface area contributed by atoms with Crippen molar-refractivity contribution in [1.29, 1.82) is 0 Å². The second kappa shape index (κ2) is 6.03. The van der Waals surface area contributed by atoms with E-state index in [4.69, 9.17) is 23.2 Å². The van der Waals surface area contributed by atoms with E-state index in [9.17, 15) is 0 Å². The minimum atomic E-state index is 0.0450. The lowest BCUT2D eigenvalue weighted by molar-refractivity contribution is 0.227. The van der Waals surface area contributed by atoms with Gasteiger partial charge in [0.15, 0.2) is 0 Å². The first-order valence-electron chi connectivity index (χ1n) is 6.73. The molecule has 0 aliphatic carbocycles. The van der Waals surface area contributed by atoms with Crippen LogP contribution in [0, 0.1) is 5.41 Å². The molecule has 0 saturated carbocycles. The molecule has 1 aromatic rings. The van der Waals surface area contributed by atoms with Gasteiger partial charge in [0, 0.05) is 11.6 Å². The van der Waals surface area contributed by atoms with Crippen LogP contribution in [-0.4, -0.2) is 5.54 Å². The van der Waals surface area contributed by atoms with Crippen LogP contribution < -0.4 is 5.32 Å². The van der Waals surface area contributed by atoms with Crippen LogP contribution in [0.3, 0.4) is 0 Å². The van der Waals surface area contributed by atoms with Gasteiger partial charge < -0.3 is 5.32 Å². The first-order chi connectivity index (χ1) is 8.52. The van der Waals surface area contributed by atoms with E-state index in [1.807, 2.05) is 18.2 Å². The third-order valence-corrected chi connectivity index (χ3v) is 3.86. The SMILES string of the molecule is CC(NC(C)(C)CC(C)(C)C)c1cccc(Cl)c1Cl. The predicted molar refractivity (Wildman–Crippen MR) is 86.2 cm³/mol. The van der Waals surface area contributed by atoms with Gasteiger partial charge in [-0.05, 0) is 44.2 Å². The molecule has 0 fully saturated rings. The maximum absolute atomic E-state index is 6.28. The molecule has 1 rings (SSSR count). The zero-order valence-corrected chi connectivity index (χ0v) is 14.3. The summed E-state index contributed by atoms with van der Waals surface area (Å²) in [4.78, 5) is 0. The highest BCUT2D eigenvalue weighted by Crippen LogP contribution is 2.33. The summed E-state index contributed by atoms with van der Waals surface area (Å²) in [6.07, 6.45) is 1.09. The van der Waals surface area contributed by atoms with E-state index >= 15 is 0 Å². The van der Waals surface area contributed by atoms with Crippen molar-refractivity contribution in [3.63, 3.8) is 0 Å². The van der Waals surface area contributed by atoms with E-state index in [1.54, 1.807) is 0 Å². The maximum Gasteiger partial charge on any atom is 0.0639 e. The van der Waals surface area contributed by atoms with E-state index in [2.05, 4.69) is 46.9 Å². The third kappa shape index (κ3) is 5.33. The van der Waals surface area contributed by atoms with Crippen LogP contribution in [0.25, 0.3) is 0 Å². The second-order valence-electron chi connectivity index (χ2n) is 7.13. The van der Waals surface area contributed by atoms with Crippen LogP contribution in [0.2, 0.25) is 10.0 Å². The standard InChI is InChI=1S/C16H25Cl2N/c1-11(12-8-7-9-13(17)14(12)18)19-16(5,6)10-15(2,3)4/h7-9,11,19H,10H2,1-6H3.